The number of amides is 1. The minimum Gasteiger partial charge on any atom is -0.496 e. The van der Waals surface area contributed by atoms with Gasteiger partial charge in [-0.25, -0.2) is 0 Å². The smallest absolute Gasteiger partial charge is 0.270 e. The van der Waals surface area contributed by atoms with Gasteiger partial charge in [0.05, 0.1) is 24.3 Å². The Labute approximate surface area is 156 Å². The number of carbonyl (C=O) groups is 1. The second-order valence-corrected chi connectivity index (χ2v) is 6.86. The van der Waals surface area contributed by atoms with E-state index in [0.29, 0.717) is 21.6 Å². The Hall–Kier alpha value is -2.31. The van der Waals surface area contributed by atoms with Gasteiger partial charge in [-0.1, -0.05) is 42.2 Å². The van der Waals surface area contributed by atoms with E-state index in [1.165, 1.54) is 16.7 Å². The molecule has 1 aliphatic rings. The molecule has 2 aromatic rings. The summed E-state index contributed by atoms with van der Waals surface area (Å²) in [6, 6.07) is 14.9. The van der Waals surface area contributed by atoms with E-state index in [1.54, 1.807) is 7.11 Å². The molecule has 0 N–H and O–H groups in total. The van der Waals surface area contributed by atoms with Crippen molar-refractivity contribution in [3.05, 3.63) is 59.0 Å². The van der Waals surface area contributed by atoms with E-state index in [2.05, 4.69) is 0 Å². The molecule has 0 atom stereocenters. The first kappa shape index (κ1) is 17.5. The summed E-state index contributed by atoms with van der Waals surface area (Å²) in [6.07, 6.45) is 1.81. The van der Waals surface area contributed by atoms with E-state index in [9.17, 15) is 4.79 Å². The van der Waals surface area contributed by atoms with Crippen molar-refractivity contribution in [1.29, 1.82) is 0 Å². The number of thiocarbonyl (C=S) groups is 1. The highest BCUT2D eigenvalue weighted by Crippen LogP contribution is 2.37. The molecular formula is C19H17NO3S2. The van der Waals surface area contributed by atoms with Gasteiger partial charge in [-0.05, 0) is 43.3 Å². The molecule has 3 rings (SSSR count). The van der Waals surface area contributed by atoms with Crippen molar-refractivity contribution in [2.75, 3.05) is 18.6 Å². The average molecular weight is 371 g/mol. The molecule has 6 heteroatoms. The molecule has 128 valence electrons. The molecule has 2 aromatic carbocycles. The van der Waals surface area contributed by atoms with Crippen molar-refractivity contribution in [3.63, 3.8) is 0 Å². The lowest BCUT2D eigenvalue weighted by Gasteiger charge is -2.15. The molecule has 25 heavy (non-hydrogen) atoms. The molecule has 1 heterocycles. The van der Waals surface area contributed by atoms with Gasteiger partial charge in [0, 0.05) is 5.56 Å². The summed E-state index contributed by atoms with van der Waals surface area (Å²) in [5, 5.41) is 0. The van der Waals surface area contributed by atoms with Gasteiger partial charge in [-0.3, -0.25) is 9.69 Å². The summed E-state index contributed by atoms with van der Waals surface area (Å²) in [5.74, 6) is 1.35. The van der Waals surface area contributed by atoms with Crippen LogP contribution in [0.3, 0.4) is 0 Å². The number of ether oxygens (including phenoxy) is 2. The van der Waals surface area contributed by atoms with Gasteiger partial charge in [0.25, 0.3) is 5.91 Å². The molecule has 0 aromatic heterocycles. The van der Waals surface area contributed by atoms with Crippen LogP contribution in [0.2, 0.25) is 0 Å². The SMILES string of the molecule is CCOc1ccc(N2C(=O)C(=Cc3ccccc3OC)SC2=S)cc1. The number of hydrogen-bond acceptors (Lipinski definition) is 5. The highest BCUT2D eigenvalue weighted by Gasteiger charge is 2.33. The fraction of sp³-hybridized carbons (Fsp3) is 0.158. The van der Waals surface area contributed by atoms with E-state index < -0.39 is 0 Å². The number of benzene rings is 2. The second kappa shape index (κ2) is 7.72. The van der Waals surface area contributed by atoms with E-state index in [4.69, 9.17) is 21.7 Å². The van der Waals surface area contributed by atoms with Crippen LogP contribution in [0.15, 0.2) is 53.4 Å². The number of carbonyl (C=O) groups excluding carboxylic acids is 1. The van der Waals surface area contributed by atoms with Crippen molar-refractivity contribution in [1.82, 2.24) is 0 Å². The van der Waals surface area contributed by atoms with Gasteiger partial charge in [0.1, 0.15) is 11.5 Å². The molecule has 4 nitrogen and oxygen atoms in total. The van der Waals surface area contributed by atoms with Gasteiger partial charge in [0.15, 0.2) is 4.32 Å². The lowest BCUT2D eigenvalue weighted by atomic mass is 10.2. The normalized spacial score (nSPS) is 15.8. The summed E-state index contributed by atoms with van der Waals surface area (Å²) in [6.45, 7) is 2.53. The Balaban J connectivity index is 1.88. The predicted octanol–water partition coefficient (Wildman–Crippen LogP) is 4.50. The number of anilines is 1. The van der Waals surface area contributed by atoms with Crippen LogP contribution in [0.25, 0.3) is 6.08 Å². The molecule has 0 spiro atoms. The maximum Gasteiger partial charge on any atom is 0.270 e. The molecule has 0 saturated carbocycles. The number of methoxy groups -OCH3 is 1. The van der Waals surface area contributed by atoms with Crippen molar-refractivity contribution in [2.45, 2.75) is 6.92 Å². The lowest BCUT2D eigenvalue weighted by Crippen LogP contribution is -2.27. The van der Waals surface area contributed by atoms with Crippen molar-refractivity contribution in [3.8, 4) is 11.5 Å². The first-order chi connectivity index (χ1) is 12.1. The van der Waals surface area contributed by atoms with E-state index in [0.717, 1.165) is 17.0 Å². The van der Waals surface area contributed by atoms with Crippen LogP contribution in [0.1, 0.15) is 12.5 Å². The van der Waals surface area contributed by atoms with Gasteiger partial charge >= 0.3 is 0 Å². The quantitative estimate of drug-likeness (QED) is 0.572. The zero-order valence-electron chi connectivity index (χ0n) is 13.9. The number of nitrogens with zero attached hydrogens (tertiary/aromatic N) is 1. The van der Waals surface area contributed by atoms with Gasteiger partial charge < -0.3 is 9.47 Å². The number of para-hydroxylation sites is 1. The highest BCUT2D eigenvalue weighted by atomic mass is 32.2. The predicted molar refractivity (Wildman–Crippen MR) is 106 cm³/mol. The third kappa shape index (κ3) is 3.70. The average Bonchev–Trinajstić information content (AvgIpc) is 2.90. The molecule has 1 saturated heterocycles. The van der Waals surface area contributed by atoms with Crippen molar-refractivity contribution < 1.29 is 14.3 Å². The molecule has 1 aliphatic heterocycles. The third-order valence-corrected chi connectivity index (χ3v) is 4.93. The maximum atomic E-state index is 12.8. The van der Waals surface area contributed by atoms with Gasteiger partial charge in [-0.15, -0.1) is 0 Å². The fourth-order valence-electron chi connectivity index (χ4n) is 2.48. The zero-order chi connectivity index (χ0) is 17.8. The standard InChI is InChI=1S/C19H17NO3S2/c1-3-23-15-10-8-14(9-11-15)20-18(21)17(25-19(20)24)12-13-6-4-5-7-16(13)22-2/h4-12H,3H2,1-2H3. The van der Waals surface area contributed by atoms with Crippen LogP contribution in [-0.4, -0.2) is 23.9 Å². The fourth-order valence-corrected chi connectivity index (χ4v) is 3.77. The summed E-state index contributed by atoms with van der Waals surface area (Å²) in [5.41, 5.74) is 1.58. The molecule has 1 fully saturated rings. The number of rotatable bonds is 5. The summed E-state index contributed by atoms with van der Waals surface area (Å²) >= 11 is 6.69. The third-order valence-electron chi connectivity index (χ3n) is 3.63. The van der Waals surface area contributed by atoms with E-state index in [1.807, 2.05) is 61.5 Å². The Morgan fingerprint density at radius 3 is 2.56 bits per heavy atom. The minimum atomic E-state index is -0.134. The maximum absolute atomic E-state index is 12.8. The molecule has 0 unspecified atom stereocenters. The molecule has 0 bridgehead atoms. The highest BCUT2D eigenvalue weighted by molar-refractivity contribution is 8.27. The molecule has 0 radical (unpaired) electrons. The van der Waals surface area contributed by atoms with Gasteiger partial charge in [0.2, 0.25) is 0 Å². The Kier molecular flexibility index (Phi) is 5.40. The monoisotopic (exact) mass is 371 g/mol. The van der Waals surface area contributed by atoms with Crippen molar-refractivity contribution >= 4 is 46.0 Å². The van der Waals surface area contributed by atoms with Crippen LogP contribution in [0.4, 0.5) is 5.69 Å². The van der Waals surface area contributed by atoms with Gasteiger partial charge in [-0.2, -0.15) is 0 Å². The Morgan fingerprint density at radius 1 is 1.16 bits per heavy atom. The van der Waals surface area contributed by atoms with Crippen LogP contribution in [-0.2, 0) is 4.79 Å². The Bertz CT molecular complexity index is 831. The minimum absolute atomic E-state index is 0.134. The van der Waals surface area contributed by atoms with Crippen molar-refractivity contribution in [2.24, 2.45) is 0 Å². The summed E-state index contributed by atoms with van der Waals surface area (Å²) < 4.78 is 11.3. The largest absolute Gasteiger partial charge is 0.496 e. The number of thioether (sulfide) groups is 1. The summed E-state index contributed by atoms with van der Waals surface area (Å²) in [7, 11) is 1.61. The number of hydrogen-bond donors (Lipinski definition) is 0. The molecule has 0 aliphatic carbocycles. The van der Waals surface area contributed by atoms with Crippen LogP contribution < -0.4 is 14.4 Å². The zero-order valence-corrected chi connectivity index (χ0v) is 15.5. The molecular weight excluding hydrogens is 354 g/mol. The second-order valence-electron chi connectivity index (χ2n) is 5.19. The van der Waals surface area contributed by atoms with Crippen LogP contribution in [0.5, 0.6) is 11.5 Å². The van der Waals surface area contributed by atoms with Crippen LogP contribution >= 0.6 is 24.0 Å². The van der Waals surface area contributed by atoms with E-state index in [-0.39, 0.29) is 5.91 Å². The van der Waals surface area contributed by atoms with Crippen LogP contribution in [0, 0.1) is 0 Å². The van der Waals surface area contributed by atoms with E-state index >= 15 is 0 Å². The first-order valence-corrected chi connectivity index (χ1v) is 9.00. The molecule has 1 amide bonds. The topological polar surface area (TPSA) is 38.8 Å². The lowest BCUT2D eigenvalue weighted by molar-refractivity contribution is -0.113. The summed E-state index contributed by atoms with van der Waals surface area (Å²) in [4.78, 5) is 14.9. The first-order valence-electron chi connectivity index (χ1n) is 7.78. The Morgan fingerprint density at radius 2 is 1.88 bits per heavy atom.